The predicted octanol–water partition coefficient (Wildman–Crippen LogP) is 5.99. The molecule has 0 bridgehead atoms. The van der Waals surface area contributed by atoms with E-state index in [1.807, 2.05) is 6.33 Å². The lowest BCUT2D eigenvalue weighted by molar-refractivity contribution is -0.662. The summed E-state index contributed by atoms with van der Waals surface area (Å²) in [5.41, 5.74) is 4.63. The van der Waals surface area contributed by atoms with Crippen molar-refractivity contribution >= 4 is 45.7 Å². The predicted molar refractivity (Wildman–Crippen MR) is 131 cm³/mol. The van der Waals surface area contributed by atoms with Crippen LogP contribution < -0.4 is 14.5 Å². The molecule has 0 aliphatic carbocycles. The first kappa shape index (κ1) is 18.5. The van der Waals surface area contributed by atoms with Crippen LogP contribution in [0.25, 0.3) is 43.7 Å². The van der Waals surface area contributed by atoms with Crippen molar-refractivity contribution in [2.24, 2.45) is 7.05 Å². The van der Waals surface area contributed by atoms with Gasteiger partial charge in [-0.25, -0.2) is 4.57 Å². The molecule has 0 spiro atoms. The van der Waals surface area contributed by atoms with Gasteiger partial charge in [-0.2, -0.15) is 0 Å². The lowest BCUT2D eigenvalue weighted by Crippen LogP contribution is -2.38. The van der Waals surface area contributed by atoms with Crippen LogP contribution in [0.2, 0.25) is 19.6 Å². The Hall–Kier alpha value is -3.24. The van der Waals surface area contributed by atoms with E-state index in [0.29, 0.717) is 0 Å². The summed E-state index contributed by atoms with van der Waals surface area (Å²) >= 11 is 0. The van der Waals surface area contributed by atoms with Gasteiger partial charge in [-0.1, -0.05) is 61.2 Å². The van der Waals surface area contributed by atoms with Crippen LogP contribution in [0.5, 0.6) is 11.5 Å². The van der Waals surface area contributed by atoms with Gasteiger partial charge in [0, 0.05) is 5.39 Å². The summed E-state index contributed by atoms with van der Waals surface area (Å²) in [6, 6.07) is 19.7. The fourth-order valence-corrected chi connectivity index (χ4v) is 6.76. The third-order valence-electron chi connectivity index (χ3n) is 6.61. The maximum Gasteiger partial charge on any atom is 0.287 e. The summed E-state index contributed by atoms with van der Waals surface area (Å²) in [4.78, 5) is 4.90. The molecule has 4 heteroatoms. The van der Waals surface area contributed by atoms with E-state index < -0.39 is 8.07 Å². The summed E-state index contributed by atoms with van der Waals surface area (Å²) in [7, 11) is 0.549. The molecule has 0 unspecified atom stereocenters. The van der Waals surface area contributed by atoms with Gasteiger partial charge in [0.25, 0.3) is 6.33 Å². The third kappa shape index (κ3) is 2.51. The zero-order valence-electron chi connectivity index (χ0n) is 18.6. The maximum atomic E-state index is 6.63. The molecular weight excluding hydrogens is 396 g/mol. The Labute approximate surface area is 182 Å². The van der Waals surface area contributed by atoms with Gasteiger partial charge >= 0.3 is 0 Å². The Balaban J connectivity index is 1.81. The number of rotatable bonds is 1. The standard InChI is InChI=1S/C27H25N2OSi/c1-16-18-10-7-6-9-17(18)13-21-24(16)27-25-22(30-21)14-20-19(26(25)28-15-29(27)2)11-8-12-23(20)31(3,4)5/h6-15H,1-5H3/q+1. The smallest absolute Gasteiger partial charge is 0.287 e. The van der Waals surface area contributed by atoms with Crippen LogP contribution in [0.15, 0.2) is 60.9 Å². The van der Waals surface area contributed by atoms with Crippen LogP contribution >= 0.6 is 0 Å². The maximum absolute atomic E-state index is 6.63. The molecule has 1 aliphatic rings. The SMILES string of the molecule is Cc1c2c(cc3ccccc13)Oc1cc3c([Si](C)(C)C)cccc3c3nc[n+](C)c-2c13. The first-order valence-electron chi connectivity index (χ1n) is 10.8. The molecule has 4 aromatic carbocycles. The van der Waals surface area contributed by atoms with E-state index in [9.17, 15) is 0 Å². The summed E-state index contributed by atoms with van der Waals surface area (Å²) in [6.45, 7) is 9.39. The van der Waals surface area contributed by atoms with Crippen molar-refractivity contribution in [1.82, 2.24) is 4.98 Å². The normalized spacial score (nSPS) is 12.9. The molecule has 0 saturated heterocycles. The Bertz CT molecular complexity index is 1560. The van der Waals surface area contributed by atoms with Gasteiger partial charge in [-0.05, 0) is 51.8 Å². The summed E-state index contributed by atoms with van der Waals surface area (Å²) < 4.78 is 8.77. The second-order valence-corrected chi connectivity index (χ2v) is 14.7. The highest BCUT2D eigenvalue weighted by molar-refractivity contribution is 6.90. The Morgan fingerprint density at radius 3 is 2.45 bits per heavy atom. The number of ether oxygens (including phenoxy) is 1. The number of aryl methyl sites for hydroxylation is 2. The largest absolute Gasteiger partial charge is 0.456 e. The average Bonchev–Trinajstić information content (AvgIpc) is 2.74. The molecule has 0 fully saturated rings. The number of fused-ring (bicyclic) bond motifs is 5. The van der Waals surface area contributed by atoms with Gasteiger partial charge in [0.15, 0.2) is 11.2 Å². The van der Waals surface area contributed by atoms with Gasteiger partial charge < -0.3 is 4.74 Å². The van der Waals surface area contributed by atoms with Crippen molar-refractivity contribution < 1.29 is 9.30 Å². The van der Waals surface area contributed by atoms with E-state index in [4.69, 9.17) is 9.72 Å². The van der Waals surface area contributed by atoms with Crippen molar-refractivity contribution in [2.45, 2.75) is 26.6 Å². The van der Waals surface area contributed by atoms with Crippen LogP contribution in [-0.2, 0) is 7.05 Å². The van der Waals surface area contributed by atoms with Gasteiger partial charge in [-0.3, -0.25) is 0 Å². The minimum Gasteiger partial charge on any atom is -0.456 e. The summed E-state index contributed by atoms with van der Waals surface area (Å²) in [5, 5.41) is 7.52. The molecule has 0 amide bonds. The zero-order valence-corrected chi connectivity index (χ0v) is 19.6. The zero-order chi connectivity index (χ0) is 21.5. The molecule has 5 aromatic rings. The van der Waals surface area contributed by atoms with Crippen LogP contribution in [-0.4, -0.2) is 13.1 Å². The van der Waals surface area contributed by atoms with Crippen molar-refractivity contribution in [3.63, 3.8) is 0 Å². The second-order valence-electron chi connectivity index (χ2n) is 9.65. The molecular formula is C27H25N2OSi+. The molecule has 6 rings (SSSR count). The first-order chi connectivity index (χ1) is 14.8. The average molecular weight is 422 g/mol. The minimum absolute atomic E-state index is 0.911. The molecule has 1 aliphatic heterocycles. The number of hydrogen-bond donors (Lipinski definition) is 0. The van der Waals surface area contributed by atoms with Crippen molar-refractivity contribution in [3.8, 4) is 22.8 Å². The fourth-order valence-electron chi connectivity index (χ4n) is 5.15. The first-order valence-corrected chi connectivity index (χ1v) is 14.3. The Kier molecular flexibility index (Phi) is 3.67. The highest BCUT2D eigenvalue weighted by atomic mass is 28.3. The van der Waals surface area contributed by atoms with Crippen LogP contribution in [0, 0.1) is 6.92 Å². The highest BCUT2D eigenvalue weighted by Crippen LogP contribution is 2.49. The molecule has 152 valence electrons. The number of benzene rings is 4. The van der Waals surface area contributed by atoms with Gasteiger partial charge in [-0.15, -0.1) is 0 Å². The topological polar surface area (TPSA) is 26.0 Å². The monoisotopic (exact) mass is 421 g/mol. The molecule has 3 nitrogen and oxygen atoms in total. The van der Waals surface area contributed by atoms with E-state index in [-0.39, 0.29) is 0 Å². The molecule has 0 atom stereocenters. The number of aromatic nitrogens is 2. The highest BCUT2D eigenvalue weighted by Gasteiger charge is 2.32. The van der Waals surface area contributed by atoms with Crippen molar-refractivity contribution in [3.05, 3.63) is 66.5 Å². The summed E-state index contributed by atoms with van der Waals surface area (Å²) in [6.07, 6.45) is 1.95. The Morgan fingerprint density at radius 1 is 0.871 bits per heavy atom. The van der Waals surface area contributed by atoms with E-state index >= 15 is 0 Å². The molecule has 0 N–H and O–H groups in total. The third-order valence-corrected chi connectivity index (χ3v) is 8.66. The van der Waals surface area contributed by atoms with E-state index in [1.54, 1.807) is 0 Å². The molecule has 1 aromatic heterocycles. The van der Waals surface area contributed by atoms with Gasteiger partial charge in [0.1, 0.15) is 16.9 Å². The fraction of sp³-hybridized carbons (Fsp3) is 0.185. The van der Waals surface area contributed by atoms with E-state index in [0.717, 1.165) is 22.4 Å². The molecule has 2 heterocycles. The Morgan fingerprint density at radius 2 is 1.65 bits per heavy atom. The van der Waals surface area contributed by atoms with Crippen LogP contribution in [0.3, 0.4) is 0 Å². The van der Waals surface area contributed by atoms with Crippen LogP contribution in [0.4, 0.5) is 0 Å². The molecule has 0 radical (unpaired) electrons. The van der Waals surface area contributed by atoms with Gasteiger partial charge in [0.05, 0.1) is 20.7 Å². The number of nitrogens with zero attached hydrogens (tertiary/aromatic N) is 2. The second kappa shape index (κ2) is 6.14. The number of hydrogen-bond acceptors (Lipinski definition) is 2. The lowest BCUT2D eigenvalue weighted by Gasteiger charge is -2.24. The van der Waals surface area contributed by atoms with Crippen molar-refractivity contribution in [2.75, 3.05) is 0 Å². The van der Waals surface area contributed by atoms with Crippen molar-refractivity contribution in [1.29, 1.82) is 0 Å². The minimum atomic E-state index is -1.53. The molecule has 0 saturated carbocycles. The van der Waals surface area contributed by atoms with E-state index in [2.05, 4.69) is 92.8 Å². The quantitative estimate of drug-likeness (QED) is 0.185. The van der Waals surface area contributed by atoms with Gasteiger partial charge in [0.2, 0.25) is 0 Å². The van der Waals surface area contributed by atoms with Crippen LogP contribution in [0.1, 0.15) is 5.56 Å². The van der Waals surface area contributed by atoms with E-state index in [1.165, 1.54) is 43.6 Å². The lowest BCUT2D eigenvalue weighted by atomic mass is 9.92. The molecule has 31 heavy (non-hydrogen) atoms. The summed E-state index contributed by atoms with van der Waals surface area (Å²) in [5.74, 6) is 1.84.